The SMILES string of the molecule is COC(=O)c1cc(Cl)ccc1[N+](=O)[O-].COC(=O)c1cc(Oc2ccccc2)ccc1N(C(=O)c1ccc(Br)s1)C(C)C.COC(=O)c1cc(Oc2ccccc2)ccc1NC(C)C.COC(=O)c1cc(Oc2ccccc2)ccc1[NH3+].O=C(Cl)c1ccc(Br)s1.O=C(O)c1ccc(Br)s1.[Cl-]. The molecule has 3 heterocycles. The van der Waals surface area contributed by atoms with Gasteiger partial charge in [0.2, 0.25) is 0 Å². The first-order valence-electron chi connectivity index (χ1n) is 29.2. The highest BCUT2D eigenvalue weighted by atomic mass is 79.9. The highest BCUT2D eigenvalue weighted by Gasteiger charge is 2.28. The zero-order chi connectivity index (χ0) is 73.6. The van der Waals surface area contributed by atoms with Crippen LogP contribution < -0.4 is 42.6 Å². The smallest absolute Gasteiger partial charge is 0.345 e. The Balaban J connectivity index is 0.000000269. The summed E-state index contributed by atoms with van der Waals surface area (Å²) < 4.78 is 38.7. The molecule has 0 saturated heterocycles. The first-order valence-corrected chi connectivity index (χ1v) is 34.7. The minimum atomic E-state index is -0.870. The van der Waals surface area contributed by atoms with Crippen LogP contribution in [0.1, 0.15) is 98.1 Å². The van der Waals surface area contributed by atoms with Gasteiger partial charge in [-0.05, 0) is 214 Å². The molecule has 10 rings (SSSR count). The maximum atomic E-state index is 13.2. The quantitative estimate of drug-likeness (QED) is 0.0236. The third-order valence-corrected chi connectivity index (χ3v) is 17.9. The third-order valence-electron chi connectivity index (χ3n) is 12.5. The number of carbonyl (C=O) groups excluding carboxylic acids is 6. The standard InChI is InChI=1S/C22H20BrNO4S.C17H19NO3.C14H13NO3.C8H6ClNO4.C5H2BrClOS.C5H3BrO2S.ClH/c1-14(2)24(21(25)19-11-12-20(23)29-19)18-10-9-16(13-17(18)22(26)27-3)28-15-7-5-4-6-8-15;1-12(2)18-16-10-9-14(11-15(16)17(19)20-3)21-13-7-5-4-6-8-13;1-17-14(16)12-9-11(7-8-13(12)15)18-10-5-3-2-4-6-10;1-14-8(11)6-4-5(9)2-3-7(6)10(12)13;2*6-4-2-1-3(9-4)5(7)8;/h4-14H,1-3H3;4-12,18H,1-3H3;2-9H,15H2,1H3;2-4H,1H3;1-2H;1-2H,(H,7,8);1H. The molecule has 0 spiro atoms. The van der Waals surface area contributed by atoms with Crippen LogP contribution in [0.25, 0.3) is 0 Å². The van der Waals surface area contributed by atoms with E-state index < -0.39 is 40.0 Å². The Labute approximate surface area is 634 Å². The van der Waals surface area contributed by atoms with E-state index in [4.69, 9.17) is 52.0 Å². The molecule has 0 atom stereocenters. The summed E-state index contributed by atoms with van der Waals surface area (Å²) in [6.07, 6.45) is 0. The van der Waals surface area contributed by atoms with Gasteiger partial charge in [-0.2, -0.15) is 0 Å². The monoisotopic (exact) mass is 1680 g/mol. The molecule has 0 radical (unpaired) electrons. The average molecular weight is 1690 g/mol. The van der Waals surface area contributed by atoms with Crippen LogP contribution in [0.4, 0.5) is 22.7 Å². The number of nitro groups is 1. The number of para-hydroxylation sites is 3. The maximum absolute atomic E-state index is 13.2. The number of methoxy groups -OCH3 is 4. The Kier molecular flexibility index (Phi) is 35.9. The second-order valence-corrected chi connectivity index (χ2v) is 28.5. The van der Waals surface area contributed by atoms with Crippen LogP contribution in [0.3, 0.4) is 0 Å². The molecule has 0 aliphatic carbocycles. The van der Waals surface area contributed by atoms with Gasteiger partial charge < -0.3 is 66.6 Å². The van der Waals surface area contributed by atoms with Crippen LogP contribution in [-0.4, -0.2) is 91.5 Å². The van der Waals surface area contributed by atoms with Crippen LogP contribution in [0.5, 0.6) is 34.5 Å². The van der Waals surface area contributed by atoms with E-state index in [1.807, 2.05) is 137 Å². The van der Waals surface area contributed by atoms with Gasteiger partial charge in [0, 0.05) is 41.0 Å². The number of anilines is 2. The number of rotatable bonds is 18. The van der Waals surface area contributed by atoms with Crippen LogP contribution >= 0.6 is 105 Å². The summed E-state index contributed by atoms with van der Waals surface area (Å²) >= 11 is 24.4. The summed E-state index contributed by atoms with van der Waals surface area (Å²) in [7, 11) is 5.17. The fourth-order valence-electron chi connectivity index (χ4n) is 8.12. The number of quaternary nitrogens is 1. The minimum absolute atomic E-state index is 0. The number of nitrogens with zero attached hydrogens (tertiary/aromatic N) is 2. The number of carboxylic acid groups (broad SMARTS) is 1. The predicted octanol–water partition coefficient (Wildman–Crippen LogP) is 16.5. The van der Waals surface area contributed by atoms with Crippen molar-refractivity contribution in [3.63, 3.8) is 0 Å². The molecule has 0 fully saturated rings. The highest BCUT2D eigenvalue weighted by Crippen LogP contribution is 2.35. The van der Waals surface area contributed by atoms with Gasteiger partial charge in [0.15, 0.2) is 0 Å². The Morgan fingerprint density at radius 2 is 0.901 bits per heavy atom. The van der Waals surface area contributed by atoms with Crippen molar-refractivity contribution < 1.29 is 94.9 Å². The molecular weight excluding hydrogens is 1620 g/mol. The van der Waals surface area contributed by atoms with E-state index in [0.29, 0.717) is 65.9 Å². The van der Waals surface area contributed by atoms with Gasteiger partial charge in [0.25, 0.3) is 16.8 Å². The second-order valence-electron chi connectivity index (χ2n) is 20.3. The fourth-order valence-corrected chi connectivity index (χ4v) is 12.2. The van der Waals surface area contributed by atoms with E-state index >= 15 is 0 Å². The van der Waals surface area contributed by atoms with E-state index in [2.05, 4.69) is 68.3 Å². The molecule has 30 heteroatoms. The van der Waals surface area contributed by atoms with E-state index in [-0.39, 0.29) is 52.2 Å². The molecule has 10 aromatic rings. The number of nitro benzene ring substituents is 1. The van der Waals surface area contributed by atoms with Crippen molar-refractivity contribution in [1.29, 1.82) is 0 Å². The number of halogens is 6. The average Bonchev–Trinajstić information content (AvgIpc) is 1.63. The zero-order valence-corrected chi connectivity index (χ0v) is 64.3. The number of amides is 1. The van der Waals surface area contributed by atoms with Gasteiger partial charge in [-0.1, -0.05) is 66.2 Å². The molecule has 3 aromatic heterocycles. The molecule has 1 amide bonds. The number of benzene rings is 7. The fraction of sp³-hybridized carbons (Fsp3) is 0.141. The van der Waals surface area contributed by atoms with Crippen molar-refractivity contribution >= 4 is 169 Å². The van der Waals surface area contributed by atoms with Crippen molar-refractivity contribution in [2.24, 2.45) is 0 Å². The molecule has 21 nitrogen and oxygen atoms in total. The summed E-state index contributed by atoms with van der Waals surface area (Å²) in [5.74, 6) is 0.557. The third kappa shape index (κ3) is 27.5. The van der Waals surface area contributed by atoms with Crippen molar-refractivity contribution in [2.45, 2.75) is 39.8 Å². The van der Waals surface area contributed by atoms with Crippen LogP contribution in [-0.2, 0) is 18.9 Å². The molecule has 5 N–H and O–H groups in total. The van der Waals surface area contributed by atoms with E-state index in [1.54, 1.807) is 77.7 Å². The molecule has 0 aliphatic rings. The van der Waals surface area contributed by atoms with Crippen molar-refractivity contribution in [3.8, 4) is 34.5 Å². The van der Waals surface area contributed by atoms with E-state index in [0.717, 1.165) is 36.0 Å². The lowest BCUT2D eigenvalue weighted by Crippen LogP contribution is -3.00. The number of carboxylic acids is 1. The minimum Gasteiger partial charge on any atom is -1.00 e. The van der Waals surface area contributed by atoms with Gasteiger partial charge in [0.05, 0.1) is 71.3 Å². The predicted molar refractivity (Wildman–Crippen MR) is 399 cm³/mol. The summed E-state index contributed by atoms with van der Waals surface area (Å²) in [4.78, 5) is 93.8. The lowest BCUT2D eigenvalue weighted by Gasteiger charge is -2.28. The number of hydrogen-bond acceptors (Lipinski definition) is 20. The Bertz CT molecular complexity index is 4370. The van der Waals surface area contributed by atoms with E-state index in [1.165, 1.54) is 67.5 Å². The van der Waals surface area contributed by atoms with Crippen molar-refractivity contribution in [2.75, 3.05) is 38.7 Å². The molecule has 7 aromatic carbocycles. The maximum Gasteiger partial charge on any atom is 0.345 e. The molecule has 101 heavy (non-hydrogen) atoms. The number of carbonyl (C=O) groups is 7. The molecule has 0 saturated carbocycles. The molecule has 0 unspecified atom stereocenters. The zero-order valence-electron chi connectivity index (χ0n) is 54.8. The molecule has 0 bridgehead atoms. The van der Waals surface area contributed by atoms with Gasteiger partial charge in [-0.15, -0.1) is 34.0 Å². The van der Waals surface area contributed by atoms with Crippen LogP contribution in [0, 0.1) is 10.1 Å². The van der Waals surface area contributed by atoms with Crippen LogP contribution in [0.15, 0.2) is 212 Å². The number of nitrogens with one attached hydrogen (secondary N) is 1. The number of aromatic carboxylic acids is 1. The summed E-state index contributed by atoms with van der Waals surface area (Å²) in [5, 5.41) is 22.0. The number of hydrogen-bond donors (Lipinski definition) is 3. The Morgan fingerprint density at radius 3 is 1.29 bits per heavy atom. The lowest BCUT2D eigenvalue weighted by molar-refractivity contribution is -0.385. The lowest BCUT2D eigenvalue weighted by atomic mass is 10.1. The largest absolute Gasteiger partial charge is 1.00 e. The van der Waals surface area contributed by atoms with Gasteiger partial charge in [-0.25, -0.2) is 24.0 Å². The molecule has 530 valence electrons. The topological polar surface area (TPSA) is 290 Å². The van der Waals surface area contributed by atoms with Gasteiger partial charge in [-0.3, -0.25) is 19.7 Å². The van der Waals surface area contributed by atoms with Crippen LogP contribution in [0.2, 0.25) is 5.02 Å². The highest BCUT2D eigenvalue weighted by molar-refractivity contribution is 9.11. The number of esters is 4. The summed E-state index contributed by atoms with van der Waals surface area (Å²) in [6.45, 7) is 7.82. The number of thiophene rings is 3. The summed E-state index contributed by atoms with van der Waals surface area (Å²) in [6, 6.07) is 57.6. The first kappa shape index (κ1) is 84.4. The normalized spacial score (nSPS) is 9.98. The van der Waals surface area contributed by atoms with Gasteiger partial charge >= 0.3 is 29.8 Å². The molecular formula is C71H64Br3Cl3N4O17S3. The second kappa shape index (κ2) is 43.0. The van der Waals surface area contributed by atoms with Crippen molar-refractivity contribution in [1.82, 2.24) is 0 Å². The molecule has 0 aliphatic heterocycles. The summed E-state index contributed by atoms with van der Waals surface area (Å²) in [5.41, 5.74) is 6.26. The van der Waals surface area contributed by atoms with Crippen molar-refractivity contribution in [3.05, 3.63) is 264 Å². The first-order chi connectivity index (χ1) is 47.7. The Hall–Kier alpha value is -9.00. The number of ether oxygens (including phenoxy) is 7. The Morgan fingerprint density at radius 1 is 0.505 bits per heavy atom. The van der Waals surface area contributed by atoms with E-state index in [9.17, 15) is 43.7 Å². The van der Waals surface area contributed by atoms with Gasteiger partial charge in [0.1, 0.15) is 56.2 Å².